The highest BCUT2D eigenvalue weighted by molar-refractivity contribution is 7.98. The van der Waals surface area contributed by atoms with E-state index < -0.39 is 47.0 Å². The van der Waals surface area contributed by atoms with Crippen LogP contribution in [0.1, 0.15) is 72.1 Å². The molecule has 0 saturated heterocycles. The van der Waals surface area contributed by atoms with Crippen LogP contribution in [-0.2, 0) is 19.2 Å². The van der Waals surface area contributed by atoms with Gasteiger partial charge in [0.2, 0.25) is 5.91 Å². The van der Waals surface area contributed by atoms with Crippen molar-refractivity contribution in [3.63, 3.8) is 0 Å². The number of carboxylic acid groups (broad SMARTS) is 1. The molecule has 0 radical (unpaired) electrons. The molecule has 4 rings (SSSR count). The summed E-state index contributed by atoms with van der Waals surface area (Å²) in [6, 6.07) is -1.95. The molecule has 0 aliphatic heterocycles. The number of hydrogen-bond acceptors (Lipinski definition) is 8. The van der Waals surface area contributed by atoms with E-state index in [1.54, 1.807) is 0 Å². The molecule has 11 heteroatoms. The fraction of sp³-hybridized carbons (Fsp3) is 0.742. The molecule has 232 valence electrons. The number of hydrogen-bond donors (Lipinski definition) is 5. The minimum absolute atomic E-state index is 0.0815. The lowest BCUT2D eigenvalue weighted by atomic mass is 9.45. The molecule has 42 heavy (non-hydrogen) atoms. The Labute approximate surface area is 252 Å². The van der Waals surface area contributed by atoms with Crippen molar-refractivity contribution in [1.29, 1.82) is 0 Å². The van der Waals surface area contributed by atoms with Gasteiger partial charge < -0.3 is 30.8 Å². The normalized spacial score (nSPS) is 37.6. The number of aliphatic hydroxyl groups is 2. The highest BCUT2D eigenvalue weighted by atomic mass is 32.2. The van der Waals surface area contributed by atoms with E-state index in [4.69, 9.17) is 11.3 Å². The largest absolute Gasteiger partial charge is 0.480 e. The van der Waals surface area contributed by atoms with Crippen molar-refractivity contribution < 1.29 is 34.5 Å². The molecule has 10 nitrogen and oxygen atoms in total. The van der Waals surface area contributed by atoms with Gasteiger partial charge in [0.05, 0.1) is 11.8 Å². The zero-order chi connectivity index (χ0) is 30.9. The molecule has 3 saturated carbocycles. The minimum atomic E-state index is -1.17. The second-order valence-corrected chi connectivity index (χ2v) is 14.0. The van der Waals surface area contributed by atoms with E-state index in [0.717, 1.165) is 31.4 Å². The molecule has 0 aromatic carbocycles. The van der Waals surface area contributed by atoms with E-state index in [9.17, 15) is 29.7 Å². The molecule has 0 heterocycles. The number of fused-ring (bicyclic) bond motifs is 5. The van der Waals surface area contributed by atoms with Crippen LogP contribution in [0.15, 0.2) is 16.8 Å². The minimum Gasteiger partial charge on any atom is -0.480 e. The number of rotatable bonds is 10. The number of carbonyl (C=O) groups is 3. The van der Waals surface area contributed by atoms with E-state index in [2.05, 4.69) is 35.6 Å². The van der Waals surface area contributed by atoms with Crippen molar-refractivity contribution in [2.24, 2.45) is 33.7 Å². The van der Waals surface area contributed by atoms with Crippen molar-refractivity contribution in [2.45, 2.75) is 95.9 Å². The van der Waals surface area contributed by atoms with Crippen molar-refractivity contribution in [3.05, 3.63) is 11.6 Å². The van der Waals surface area contributed by atoms with Gasteiger partial charge in [0.25, 0.3) is 5.91 Å². The van der Waals surface area contributed by atoms with Gasteiger partial charge in [-0.2, -0.15) is 11.8 Å². The van der Waals surface area contributed by atoms with Gasteiger partial charge in [0, 0.05) is 5.41 Å². The van der Waals surface area contributed by atoms with Crippen LogP contribution in [0.2, 0.25) is 0 Å². The number of nitrogens with zero attached hydrogens (tertiary/aromatic N) is 1. The van der Waals surface area contributed by atoms with Crippen molar-refractivity contribution >= 4 is 35.3 Å². The van der Waals surface area contributed by atoms with Gasteiger partial charge in [0.15, 0.2) is 6.61 Å². The maximum atomic E-state index is 12.4. The van der Waals surface area contributed by atoms with Gasteiger partial charge >= 0.3 is 5.97 Å². The zero-order valence-corrected chi connectivity index (χ0v) is 25.8. The Hall–Kier alpha value is -2.55. The van der Waals surface area contributed by atoms with Gasteiger partial charge in [-0.3, -0.25) is 9.59 Å². The molecule has 0 aromatic rings. The Bertz CT molecular complexity index is 1180. The molecule has 0 bridgehead atoms. The highest BCUT2D eigenvalue weighted by Crippen LogP contribution is 2.67. The molecule has 0 unspecified atom stereocenters. The van der Waals surface area contributed by atoms with E-state index in [1.807, 2.05) is 12.3 Å². The molecule has 2 amide bonds. The zero-order valence-electron chi connectivity index (χ0n) is 25.0. The standard InChI is InChI=1S/C31H45N3O7S/c1-6-31(40)13-10-22-21-8-7-19-15-20(9-12-29(19,3)26(21)24(35)16-30(22,31)4)34-41-17-25(36)32-18(2)27(37)33-23(28(38)39)11-14-42-5/h1,15,18,21-24,26,35,40H,7-14,16-17H2,2-5H3,(H,32,36)(H,33,37)(H,38,39)/b34-20-/t18-,21+,22-,23-,24+,26+,29+,30+,31+/m1/s1. The Morgan fingerprint density at radius 3 is 2.64 bits per heavy atom. The smallest absolute Gasteiger partial charge is 0.326 e. The second kappa shape index (κ2) is 12.6. The van der Waals surface area contributed by atoms with Crippen molar-refractivity contribution in [3.8, 4) is 12.3 Å². The average Bonchev–Trinajstić information content (AvgIpc) is 3.20. The van der Waals surface area contributed by atoms with E-state index >= 15 is 0 Å². The number of terminal acetylenes is 1. The summed E-state index contributed by atoms with van der Waals surface area (Å²) >= 11 is 1.49. The number of aliphatic carboxylic acids is 1. The molecule has 9 atom stereocenters. The number of oxime groups is 1. The molecule has 0 aromatic heterocycles. The highest BCUT2D eigenvalue weighted by Gasteiger charge is 2.66. The van der Waals surface area contributed by atoms with Crippen LogP contribution in [0, 0.1) is 40.9 Å². The van der Waals surface area contributed by atoms with Gasteiger partial charge in [-0.25, -0.2) is 4.79 Å². The monoisotopic (exact) mass is 603 g/mol. The molecular weight excluding hydrogens is 558 g/mol. The van der Waals surface area contributed by atoms with Crippen molar-refractivity contribution in [1.82, 2.24) is 10.6 Å². The van der Waals surface area contributed by atoms with Crippen LogP contribution < -0.4 is 10.6 Å². The molecule has 5 N–H and O–H groups in total. The van der Waals surface area contributed by atoms with Crippen LogP contribution in [0.3, 0.4) is 0 Å². The van der Waals surface area contributed by atoms with Crippen LogP contribution >= 0.6 is 11.8 Å². The first-order valence-electron chi connectivity index (χ1n) is 14.9. The summed E-state index contributed by atoms with van der Waals surface area (Å²) in [6.45, 7) is 5.40. The average molecular weight is 604 g/mol. The summed E-state index contributed by atoms with van der Waals surface area (Å²) in [6.07, 6.45) is 14.6. The van der Waals surface area contributed by atoms with Crippen LogP contribution in [0.5, 0.6) is 0 Å². The lowest BCUT2D eigenvalue weighted by Gasteiger charge is -2.60. The van der Waals surface area contributed by atoms with E-state index in [-0.39, 0.29) is 36.2 Å². The number of nitrogens with one attached hydrogen (secondary N) is 2. The maximum Gasteiger partial charge on any atom is 0.326 e. The topological polar surface area (TPSA) is 158 Å². The number of amides is 2. The van der Waals surface area contributed by atoms with Gasteiger partial charge in [-0.1, -0.05) is 30.5 Å². The number of thioether (sulfide) groups is 1. The second-order valence-electron chi connectivity index (χ2n) is 13.0. The van der Waals surface area contributed by atoms with Crippen molar-refractivity contribution in [2.75, 3.05) is 18.6 Å². The third-order valence-electron chi connectivity index (χ3n) is 10.7. The Morgan fingerprint density at radius 2 is 1.98 bits per heavy atom. The first-order valence-corrected chi connectivity index (χ1v) is 16.3. The van der Waals surface area contributed by atoms with Gasteiger partial charge in [-0.15, -0.1) is 6.42 Å². The Balaban J connectivity index is 1.34. The lowest BCUT2D eigenvalue weighted by molar-refractivity contribution is -0.153. The molecule has 0 spiro atoms. The predicted octanol–water partition coefficient (Wildman–Crippen LogP) is 2.48. The summed E-state index contributed by atoms with van der Waals surface area (Å²) in [5.74, 6) is 1.65. The maximum absolute atomic E-state index is 12.4. The molecular formula is C31H45N3O7S. The van der Waals surface area contributed by atoms with Gasteiger partial charge in [0.1, 0.15) is 17.7 Å². The summed E-state index contributed by atoms with van der Waals surface area (Å²) in [7, 11) is 0. The fourth-order valence-electron chi connectivity index (χ4n) is 8.33. The summed E-state index contributed by atoms with van der Waals surface area (Å²) in [4.78, 5) is 41.5. The number of aliphatic hydroxyl groups excluding tert-OH is 1. The van der Waals surface area contributed by atoms with Crippen LogP contribution in [-0.4, -0.2) is 81.2 Å². The van der Waals surface area contributed by atoms with Gasteiger partial charge in [-0.05, 0) is 99.5 Å². The van der Waals surface area contributed by atoms with E-state index in [0.29, 0.717) is 25.0 Å². The SMILES string of the molecule is C#C[C@]1(O)CC[C@@H]2[C@@H]3CCC4=C/C(=N\OCC(=O)N[C@H](C)C(=O)N[C@H](CCSC)C(=O)O)CC[C@]4(C)[C@@H]3[C@@H](O)C[C@@]21C. The number of allylic oxidation sites excluding steroid dienone is 2. The third-order valence-corrected chi connectivity index (χ3v) is 11.3. The quantitative estimate of drug-likeness (QED) is 0.188. The molecule has 4 aliphatic carbocycles. The first-order chi connectivity index (χ1) is 19.8. The summed E-state index contributed by atoms with van der Waals surface area (Å²) in [5, 5.41) is 41.2. The number of carbonyl (C=O) groups excluding carboxylic acids is 2. The van der Waals surface area contributed by atoms with Crippen LogP contribution in [0.4, 0.5) is 0 Å². The summed E-state index contributed by atoms with van der Waals surface area (Å²) < 4.78 is 0. The molecule has 4 aliphatic rings. The molecule has 3 fully saturated rings. The number of carboxylic acids is 1. The summed E-state index contributed by atoms with van der Waals surface area (Å²) in [5.41, 5.74) is 0.112. The Morgan fingerprint density at radius 1 is 1.24 bits per heavy atom. The first kappa shape index (κ1) is 32.4. The lowest BCUT2D eigenvalue weighted by Crippen LogP contribution is -2.59. The Kier molecular flexibility index (Phi) is 9.70. The third kappa shape index (κ3) is 5.95. The van der Waals surface area contributed by atoms with E-state index in [1.165, 1.54) is 24.3 Å². The van der Waals surface area contributed by atoms with Crippen LogP contribution in [0.25, 0.3) is 0 Å². The fourth-order valence-corrected chi connectivity index (χ4v) is 8.80. The predicted molar refractivity (Wildman–Crippen MR) is 160 cm³/mol.